The van der Waals surface area contributed by atoms with Gasteiger partial charge < -0.3 is 14.4 Å². The first-order valence-corrected chi connectivity index (χ1v) is 13.8. The first kappa shape index (κ1) is 26.4. The molecule has 6 rings (SSSR count). The Balaban J connectivity index is 1.30. The van der Waals surface area contributed by atoms with E-state index in [4.69, 9.17) is 26.1 Å². The number of amides is 1. The fourth-order valence-electron chi connectivity index (χ4n) is 6.64. The summed E-state index contributed by atoms with van der Waals surface area (Å²) in [5.74, 6) is -0.282. The normalized spacial score (nSPS) is 28.9. The van der Waals surface area contributed by atoms with Gasteiger partial charge in [-0.15, -0.1) is 0 Å². The van der Waals surface area contributed by atoms with Crippen LogP contribution in [0.15, 0.2) is 18.3 Å². The van der Waals surface area contributed by atoms with Crippen LogP contribution in [0.1, 0.15) is 46.5 Å². The summed E-state index contributed by atoms with van der Waals surface area (Å²) in [4.78, 5) is 31.9. The zero-order chi connectivity index (χ0) is 27.7. The SMILES string of the molecule is C=C1CN2CC(F)CC2(COc2nc(N3CC4CCC(C3)N4C(=O)OC(C)(C)C)c3cnc(Cl)c(F)c3n2)C1. The minimum atomic E-state index is -0.936. The molecule has 0 N–H and O–H groups in total. The van der Waals surface area contributed by atoms with Crippen LogP contribution in [-0.2, 0) is 4.74 Å². The minimum absolute atomic E-state index is 0.00488. The summed E-state index contributed by atoms with van der Waals surface area (Å²) in [6, 6.07) is -0.153. The second-order valence-corrected chi connectivity index (χ2v) is 12.6. The third-order valence-electron chi connectivity index (χ3n) is 8.14. The van der Waals surface area contributed by atoms with Crippen molar-refractivity contribution >= 4 is 34.4 Å². The number of ether oxygens (including phenoxy) is 2. The van der Waals surface area contributed by atoms with Crippen molar-refractivity contribution in [2.45, 2.75) is 75.8 Å². The van der Waals surface area contributed by atoms with Crippen LogP contribution in [0.25, 0.3) is 10.9 Å². The average molecular weight is 563 g/mol. The number of carbonyl (C=O) groups excluding carboxylic acids is 1. The Bertz CT molecular complexity index is 1320. The van der Waals surface area contributed by atoms with Gasteiger partial charge in [0.2, 0.25) is 0 Å². The maximum atomic E-state index is 15.2. The van der Waals surface area contributed by atoms with Crippen molar-refractivity contribution in [2.24, 2.45) is 0 Å². The number of hydrogen-bond donors (Lipinski definition) is 0. The van der Waals surface area contributed by atoms with Gasteiger partial charge in [0.1, 0.15) is 29.7 Å². The van der Waals surface area contributed by atoms with Gasteiger partial charge >= 0.3 is 12.1 Å². The number of carbonyl (C=O) groups is 1. The molecule has 0 aliphatic carbocycles. The van der Waals surface area contributed by atoms with E-state index in [0.29, 0.717) is 50.2 Å². The lowest BCUT2D eigenvalue weighted by atomic mass is 9.93. The molecular formula is C27H33ClF2N6O3. The zero-order valence-electron chi connectivity index (χ0n) is 22.4. The molecule has 2 bridgehead atoms. The van der Waals surface area contributed by atoms with Gasteiger partial charge in [-0.2, -0.15) is 9.97 Å². The molecule has 2 aromatic heterocycles. The van der Waals surface area contributed by atoms with Crippen LogP contribution >= 0.6 is 11.6 Å². The molecule has 0 radical (unpaired) electrons. The van der Waals surface area contributed by atoms with Crippen molar-refractivity contribution in [3.63, 3.8) is 0 Å². The number of alkyl halides is 1. The van der Waals surface area contributed by atoms with E-state index in [-0.39, 0.29) is 41.5 Å². The van der Waals surface area contributed by atoms with Gasteiger partial charge in [0.05, 0.1) is 23.0 Å². The summed E-state index contributed by atoms with van der Waals surface area (Å²) >= 11 is 6.01. The van der Waals surface area contributed by atoms with Crippen LogP contribution in [0.5, 0.6) is 6.01 Å². The van der Waals surface area contributed by atoms with Crippen molar-refractivity contribution in [3.8, 4) is 6.01 Å². The number of pyridine rings is 1. The van der Waals surface area contributed by atoms with E-state index in [9.17, 15) is 9.18 Å². The quantitative estimate of drug-likeness (QED) is 0.397. The third-order valence-corrected chi connectivity index (χ3v) is 8.40. The highest BCUT2D eigenvalue weighted by atomic mass is 35.5. The van der Waals surface area contributed by atoms with Gasteiger partial charge in [0.15, 0.2) is 11.0 Å². The summed E-state index contributed by atoms with van der Waals surface area (Å²) in [5, 5.41) is 0.119. The lowest BCUT2D eigenvalue weighted by Crippen LogP contribution is -2.57. The van der Waals surface area contributed by atoms with Crippen molar-refractivity contribution in [3.05, 3.63) is 29.3 Å². The van der Waals surface area contributed by atoms with Gasteiger partial charge in [-0.25, -0.2) is 18.6 Å². The lowest BCUT2D eigenvalue weighted by molar-refractivity contribution is 0.0122. The molecule has 4 aliphatic heterocycles. The first-order valence-electron chi connectivity index (χ1n) is 13.4. The van der Waals surface area contributed by atoms with E-state index in [1.54, 1.807) is 0 Å². The van der Waals surface area contributed by atoms with Crippen LogP contribution in [0, 0.1) is 5.82 Å². The van der Waals surface area contributed by atoms with E-state index >= 15 is 4.39 Å². The van der Waals surface area contributed by atoms with E-state index in [0.717, 1.165) is 18.4 Å². The number of anilines is 1. The molecule has 0 aromatic carbocycles. The number of hydrogen-bond acceptors (Lipinski definition) is 8. The Kier molecular flexibility index (Phi) is 6.37. The number of fused-ring (bicyclic) bond motifs is 4. The molecule has 4 aliphatic rings. The lowest BCUT2D eigenvalue weighted by Gasteiger charge is -2.42. The first-order chi connectivity index (χ1) is 18.4. The van der Waals surface area contributed by atoms with Crippen LogP contribution in [0.4, 0.5) is 19.4 Å². The van der Waals surface area contributed by atoms with Gasteiger partial charge in [-0.05, 0) is 40.0 Å². The maximum Gasteiger partial charge on any atom is 0.410 e. The maximum absolute atomic E-state index is 15.2. The van der Waals surface area contributed by atoms with Gasteiger partial charge in [-0.1, -0.05) is 23.8 Å². The molecule has 210 valence electrons. The Labute approximate surface area is 231 Å². The van der Waals surface area contributed by atoms with Crippen LogP contribution < -0.4 is 9.64 Å². The molecular weight excluding hydrogens is 530 g/mol. The monoisotopic (exact) mass is 562 g/mol. The van der Waals surface area contributed by atoms with Crippen molar-refractivity contribution in [1.82, 2.24) is 24.8 Å². The zero-order valence-corrected chi connectivity index (χ0v) is 23.2. The summed E-state index contributed by atoms with van der Waals surface area (Å²) in [6.45, 7) is 11.8. The smallest absolute Gasteiger partial charge is 0.410 e. The molecule has 0 spiro atoms. The van der Waals surface area contributed by atoms with E-state index < -0.39 is 23.1 Å². The number of aromatic nitrogens is 3. The highest BCUT2D eigenvalue weighted by molar-refractivity contribution is 6.30. The summed E-state index contributed by atoms with van der Waals surface area (Å²) in [5.41, 5.74) is -0.0561. The standard InChI is InChI=1S/C27H33ClF2N6O3/c1-15-7-27(8-16(29)11-35(27)10-15)14-38-24-32-21-19(9-31-22(28)20(21)30)23(33-24)34-12-17-5-6-18(13-34)36(17)25(37)39-26(2,3)4/h9,16-18H,1,5-8,10-14H2,2-4H3. The molecule has 0 saturated carbocycles. The third kappa shape index (κ3) is 4.77. The van der Waals surface area contributed by atoms with E-state index in [2.05, 4.69) is 21.4 Å². The van der Waals surface area contributed by atoms with Gasteiger partial charge in [-0.3, -0.25) is 9.80 Å². The molecule has 2 aromatic rings. The molecule has 1 amide bonds. The molecule has 6 heterocycles. The highest BCUT2D eigenvalue weighted by Gasteiger charge is 2.51. The van der Waals surface area contributed by atoms with Crippen LogP contribution in [-0.4, -0.2) is 93.0 Å². The Morgan fingerprint density at radius 3 is 2.64 bits per heavy atom. The Morgan fingerprint density at radius 2 is 1.95 bits per heavy atom. The molecule has 4 fully saturated rings. The Hall–Kier alpha value is -2.79. The number of halogens is 3. The van der Waals surface area contributed by atoms with Gasteiger partial charge in [0.25, 0.3) is 0 Å². The van der Waals surface area contributed by atoms with E-state index in [1.165, 1.54) is 6.20 Å². The fraction of sp³-hybridized carbons (Fsp3) is 0.630. The predicted molar refractivity (Wildman–Crippen MR) is 142 cm³/mol. The summed E-state index contributed by atoms with van der Waals surface area (Å²) in [6.07, 6.45) is 2.84. The van der Waals surface area contributed by atoms with Crippen molar-refractivity contribution in [1.29, 1.82) is 0 Å². The summed E-state index contributed by atoms with van der Waals surface area (Å²) in [7, 11) is 0. The molecule has 4 unspecified atom stereocenters. The van der Waals surface area contributed by atoms with E-state index in [1.807, 2.05) is 30.6 Å². The topological polar surface area (TPSA) is 83.9 Å². The fourth-order valence-corrected chi connectivity index (χ4v) is 6.78. The molecule has 39 heavy (non-hydrogen) atoms. The molecule has 4 saturated heterocycles. The molecule has 12 heteroatoms. The predicted octanol–water partition coefficient (Wildman–Crippen LogP) is 4.53. The largest absolute Gasteiger partial charge is 0.461 e. The van der Waals surface area contributed by atoms with Gasteiger partial charge in [0, 0.05) is 38.8 Å². The van der Waals surface area contributed by atoms with Crippen LogP contribution in [0.2, 0.25) is 5.15 Å². The average Bonchev–Trinajstić information content (AvgIpc) is 3.42. The minimum Gasteiger partial charge on any atom is -0.461 e. The van der Waals surface area contributed by atoms with Crippen molar-refractivity contribution in [2.75, 3.05) is 37.7 Å². The second-order valence-electron chi connectivity index (χ2n) is 12.3. The van der Waals surface area contributed by atoms with Crippen molar-refractivity contribution < 1.29 is 23.0 Å². The molecule has 4 atom stereocenters. The Morgan fingerprint density at radius 1 is 1.23 bits per heavy atom. The van der Waals surface area contributed by atoms with Crippen LogP contribution in [0.3, 0.4) is 0 Å². The second kappa shape index (κ2) is 9.40. The number of piperazine rings is 1. The molecule has 9 nitrogen and oxygen atoms in total. The summed E-state index contributed by atoms with van der Waals surface area (Å²) < 4.78 is 41.3. The highest BCUT2D eigenvalue weighted by Crippen LogP contribution is 2.42. The number of rotatable bonds is 4. The number of nitrogens with zero attached hydrogens (tertiary/aromatic N) is 6.